The van der Waals surface area contributed by atoms with Crippen molar-refractivity contribution in [1.82, 2.24) is 69.3 Å². The van der Waals surface area contributed by atoms with E-state index in [9.17, 15) is 9.59 Å². The molecule has 114 heavy (non-hydrogen) atoms. The number of nitrogens with zero attached hydrogens (tertiary/aromatic N) is 17. The summed E-state index contributed by atoms with van der Waals surface area (Å²) in [5, 5.41) is 16.5. The third-order valence-corrected chi connectivity index (χ3v) is 24.7. The highest BCUT2D eigenvalue weighted by Gasteiger charge is 2.55. The van der Waals surface area contributed by atoms with Crippen LogP contribution < -0.4 is 31.1 Å². The first kappa shape index (κ1) is 78.2. The first-order valence-electron chi connectivity index (χ1n) is 38.7. The van der Waals surface area contributed by atoms with Gasteiger partial charge in [-0.05, 0) is 167 Å². The first-order valence-corrected chi connectivity index (χ1v) is 40.3. The normalized spacial score (nSPS) is 18.9. The summed E-state index contributed by atoms with van der Waals surface area (Å²) in [5.74, 6) is 1.63. The molecule has 8 aromatic heterocycles. The van der Waals surface area contributed by atoms with Gasteiger partial charge < -0.3 is 36.2 Å². The molecule has 23 nitrogen and oxygen atoms in total. The van der Waals surface area contributed by atoms with E-state index in [4.69, 9.17) is 47.2 Å². The molecule has 4 saturated heterocycles. The average molecular weight is 1630 g/mol. The predicted molar refractivity (Wildman–Crippen MR) is 446 cm³/mol. The highest BCUT2D eigenvalue weighted by Crippen LogP contribution is 2.59. The number of aromatic carboxylic acids is 1. The Balaban J connectivity index is 0.000000114. The summed E-state index contributed by atoms with van der Waals surface area (Å²) in [5.41, 5.74) is 24.0. The van der Waals surface area contributed by atoms with Crippen LogP contribution in [0.1, 0.15) is 155 Å². The van der Waals surface area contributed by atoms with Crippen molar-refractivity contribution in [2.75, 3.05) is 67.1 Å². The number of pyridine rings is 2. The summed E-state index contributed by atoms with van der Waals surface area (Å²) in [6.45, 7) is 28.0. The third-order valence-electron chi connectivity index (χ3n) is 23.8. The molecule has 4 aromatic carbocycles. The zero-order valence-corrected chi connectivity index (χ0v) is 66.8. The largest absolute Gasteiger partial charge is 0.477 e. The molecule has 0 radical (unpaired) electrons. The van der Waals surface area contributed by atoms with Gasteiger partial charge in [-0.1, -0.05) is 134 Å². The lowest BCUT2D eigenvalue weighted by molar-refractivity contribution is 0.0363. The zero-order chi connectivity index (χ0) is 79.0. The topological polar surface area (TPSA) is 261 Å². The Labute approximate surface area is 681 Å². The molecule has 0 bridgehead atoms. The summed E-state index contributed by atoms with van der Waals surface area (Å²) in [6.07, 6.45) is 35.8. The number of rotatable bonds is 14. The number of aryl methyl sites for hydroxylation is 2. The van der Waals surface area contributed by atoms with Crippen molar-refractivity contribution in [3.05, 3.63) is 302 Å². The van der Waals surface area contributed by atoms with Crippen LogP contribution in [0.3, 0.4) is 0 Å². The summed E-state index contributed by atoms with van der Waals surface area (Å²) < 4.78 is 4.19. The molecule has 12 aromatic rings. The Morgan fingerprint density at radius 2 is 0.825 bits per heavy atom. The van der Waals surface area contributed by atoms with Crippen LogP contribution in [0.2, 0.25) is 10.0 Å². The molecule has 8 aliphatic rings. The van der Waals surface area contributed by atoms with Crippen LogP contribution in [0, 0.1) is 34.8 Å². The molecule has 26 heteroatoms. The standard InChI is InChI=1S/C27H27ClN6O.C17H16N4.C17H20N4.C13H14N2.C10H9ClN2O2.C4H3BrN2/c1-2-23-25(34-14-21(28)7-8-24(34)32-23)26(35)31-11-18-3-5-19(6-4-18)20-9-27(10-20)15-33(16-27)22-12-29-17-30-13-22;1-18-15-4-2-13(3-5-15)14-6-17(7-14)10-21(11-17)16-8-19-12-20-9-16;18-7-13-1-3-14(4-2-13)15-5-17(6-15)10-21(11-17)16-8-19-12-20-9-16;1-14-12-4-2-10(3-5-12)11-6-13(7-11)8-15-9-13;1-2-7-9(10(14)15)13-5-6(11)3-4-8(13)12-7;5-4-1-6-3-7-2-4/h3-8,12-14,17,20H,2,9-11,15-16H2,1H3,(H,31,35);2-5,8-9,12,14H,6-7,10-11H2;1-4,8-9,12,15H,5-7,10-11,18H2;2-5,11,15H,6-9H2;3-5H,2H2,1H3,(H,14,15);1-3H. The zero-order valence-electron chi connectivity index (χ0n) is 63.7. The summed E-state index contributed by atoms with van der Waals surface area (Å²) in [6, 6.07) is 40.7. The number of hydrogen-bond donors (Lipinski definition) is 4. The molecule has 1 amide bonds. The lowest BCUT2D eigenvalue weighted by Crippen LogP contribution is -2.61. The Hall–Kier alpha value is -11.1. The molecule has 12 heterocycles. The van der Waals surface area contributed by atoms with Gasteiger partial charge in [-0.2, -0.15) is 0 Å². The number of amides is 1. The minimum atomic E-state index is -0.985. The van der Waals surface area contributed by atoms with Gasteiger partial charge in [0, 0.05) is 106 Å². The molecular formula is C88H89BrCl2N20O3. The van der Waals surface area contributed by atoms with Crippen LogP contribution in [0.25, 0.3) is 21.0 Å². The van der Waals surface area contributed by atoms with Gasteiger partial charge in [0.25, 0.3) is 5.91 Å². The number of hydrogen-bond acceptors (Lipinski definition) is 17. The van der Waals surface area contributed by atoms with Crippen molar-refractivity contribution < 1.29 is 14.7 Å². The van der Waals surface area contributed by atoms with E-state index in [2.05, 4.69) is 174 Å². The molecule has 4 aliphatic carbocycles. The van der Waals surface area contributed by atoms with Gasteiger partial charge in [0.15, 0.2) is 17.1 Å². The number of halogens is 3. The van der Waals surface area contributed by atoms with Gasteiger partial charge in [-0.25, -0.2) is 64.3 Å². The number of nitrogens with one attached hydrogen (secondary N) is 2. The maximum absolute atomic E-state index is 13.0. The third kappa shape index (κ3) is 17.5. The summed E-state index contributed by atoms with van der Waals surface area (Å²) in [4.78, 5) is 78.9. The lowest BCUT2D eigenvalue weighted by Gasteiger charge is -2.60. The second-order valence-corrected chi connectivity index (χ2v) is 33.5. The number of carbonyl (C=O) groups is 2. The molecule has 8 fully saturated rings. The van der Waals surface area contributed by atoms with E-state index < -0.39 is 5.97 Å². The SMILES string of the molecule is Brc1cncnc1.CCc1nc2ccc(Cl)cn2c1C(=O)NCc1ccc(C2CC3(C2)CN(c2cncnc2)C3)cc1.CCc1nc2ccc(Cl)cn2c1C(=O)O.NCc1ccc(C2CC3(C2)CN(c2cncnc2)C3)cc1.[C-]#[N+]c1ccc(C2CC3(C2)CN(c2cncnc2)C3)cc1.[C-]#[N+]c1ccc(C2CC3(CNC3)C2)cc1. The van der Waals surface area contributed by atoms with Crippen molar-refractivity contribution >= 4 is 90.7 Å². The van der Waals surface area contributed by atoms with Gasteiger partial charge >= 0.3 is 5.97 Å². The number of fused-ring (bicyclic) bond motifs is 2. The second-order valence-electron chi connectivity index (χ2n) is 31.7. The number of anilines is 3. The fourth-order valence-electron chi connectivity index (χ4n) is 17.7. The number of imidazole rings is 2. The molecule has 0 unspecified atom stereocenters. The van der Waals surface area contributed by atoms with E-state index >= 15 is 0 Å². The van der Waals surface area contributed by atoms with Crippen LogP contribution in [0.5, 0.6) is 0 Å². The number of aromatic nitrogens is 12. The molecule has 580 valence electrons. The average Bonchev–Trinajstić information content (AvgIpc) is 0.832. The molecule has 20 rings (SSSR count). The van der Waals surface area contributed by atoms with E-state index in [-0.39, 0.29) is 11.6 Å². The quantitative estimate of drug-likeness (QED) is 0.0738. The number of nitrogens with two attached hydrogens (primary N) is 1. The maximum atomic E-state index is 13.0. The van der Waals surface area contributed by atoms with Crippen molar-refractivity contribution in [3.63, 3.8) is 0 Å². The van der Waals surface area contributed by atoms with Crippen molar-refractivity contribution in [1.29, 1.82) is 0 Å². The molecule has 4 saturated carbocycles. The number of carboxylic acid groups (broad SMARTS) is 1. The van der Waals surface area contributed by atoms with E-state index in [1.165, 1.54) is 103 Å². The van der Waals surface area contributed by atoms with Gasteiger partial charge in [0.05, 0.1) is 93.3 Å². The molecular weight excluding hydrogens is 1540 g/mol. The fourth-order valence-corrected chi connectivity index (χ4v) is 18.3. The van der Waals surface area contributed by atoms with Crippen LogP contribution in [-0.4, -0.2) is 128 Å². The van der Waals surface area contributed by atoms with Gasteiger partial charge in [-0.3, -0.25) is 13.6 Å². The van der Waals surface area contributed by atoms with Crippen molar-refractivity contribution in [2.45, 2.75) is 115 Å². The van der Waals surface area contributed by atoms with Crippen molar-refractivity contribution in [2.24, 2.45) is 27.4 Å². The van der Waals surface area contributed by atoms with E-state index in [1.54, 1.807) is 66.4 Å². The highest BCUT2D eigenvalue weighted by atomic mass is 79.9. The number of benzene rings is 4. The van der Waals surface area contributed by atoms with Crippen LogP contribution >= 0.6 is 39.1 Å². The molecule has 4 spiro atoms. The maximum Gasteiger partial charge on any atom is 0.354 e. The van der Waals surface area contributed by atoms with E-state index in [1.807, 2.05) is 81.4 Å². The number of carbonyl (C=O) groups excluding carboxylic acids is 1. The highest BCUT2D eigenvalue weighted by molar-refractivity contribution is 9.10. The smallest absolute Gasteiger partial charge is 0.354 e. The molecule has 5 N–H and O–H groups in total. The Morgan fingerprint density at radius 3 is 1.14 bits per heavy atom. The lowest BCUT2D eigenvalue weighted by atomic mass is 9.56. The molecule has 0 atom stereocenters. The first-order chi connectivity index (χ1) is 55.4. The van der Waals surface area contributed by atoms with Crippen LogP contribution in [0.15, 0.2) is 213 Å². The van der Waals surface area contributed by atoms with Gasteiger partial charge in [0.2, 0.25) is 0 Å². The summed E-state index contributed by atoms with van der Waals surface area (Å²) >= 11 is 15.1. The Kier molecular flexibility index (Phi) is 23.5. The van der Waals surface area contributed by atoms with Gasteiger partial charge in [-0.15, -0.1) is 0 Å². The Bertz CT molecular complexity index is 5370. The predicted octanol–water partition coefficient (Wildman–Crippen LogP) is 16.6. The Morgan fingerprint density at radius 1 is 0.491 bits per heavy atom. The van der Waals surface area contributed by atoms with E-state index in [0.29, 0.717) is 86.5 Å². The monoisotopic (exact) mass is 1620 g/mol. The minimum absolute atomic E-state index is 0.139. The number of carboxylic acids is 1. The van der Waals surface area contributed by atoms with E-state index in [0.717, 1.165) is 101 Å². The van der Waals surface area contributed by atoms with Gasteiger partial charge in [0.1, 0.15) is 42.3 Å². The summed E-state index contributed by atoms with van der Waals surface area (Å²) in [7, 11) is 0. The molecule has 4 aliphatic heterocycles. The van der Waals surface area contributed by atoms with Crippen LogP contribution in [-0.2, 0) is 25.9 Å². The van der Waals surface area contributed by atoms with Crippen LogP contribution in [0.4, 0.5) is 28.4 Å². The minimum Gasteiger partial charge on any atom is -0.477 e. The second kappa shape index (κ2) is 34.3. The fraction of sp³-hybridized carbons (Fsp3) is 0.341. The van der Waals surface area contributed by atoms with Crippen molar-refractivity contribution in [3.8, 4) is 0 Å².